The van der Waals surface area contributed by atoms with Crippen molar-refractivity contribution in [2.45, 2.75) is 19.4 Å². The molecule has 0 amide bonds. The van der Waals surface area contributed by atoms with Crippen molar-refractivity contribution in [3.63, 3.8) is 0 Å². The highest BCUT2D eigenvalue weighted by Gasteiger charge is 2.07. The summed E-state index contributed by atoms with van der Waals surface area (Å²) >= 11 is 5.81. The van der Waals surface area contributed by atoms with E-state index in [4.69, 9.17) is 25.8 Å². The van der Waals surface area contributed by atoms with Gasteiger partial charge in [0.05, 0.1) is 19.9 Å². The molecular weight excluding hydrogens is 290 g/mol. The average Bonchev–Trinajstić information content (AvgIpc) is 2.52. The molecule has 5 heteroatoms. The van der Waals surface area contributed by atoms with Crippen molar-refractivity contribution < 1.29 is 14.2 Å². The molecule has 2 rings (SSSR count). The van der Waals surface area contributed by atoms with Crippen LogP contribution in [0.3, 0.4) is 0 Å². The van der Waals surface area contributed by atoms with Crippen molar-refractivity contribution in [2.24, 2.45) is 0 Å². The van der Waals surface area contributed by atoms with Crippen LogP contribution in [0.2, 0.25) is 0 Å². The van der Waals surface area contributed by atoms with E-state index in [9.17, 15) is 0 Å². The van der Waals surface area contributed by atoms with Gasteiger partial charge < -0.3 is 14.2 Å². The van der Waals surface area contributed by atoms with Gasteiger partial charge >= 0.3 is 0 Å². The van der Waals surface area contributed by atoms with E-state index in [1.807, 2.05) is 37.3 Å². The number of hydrogen-bond acceptors (Lipinski definition) is 4. The molecule has 2 aromatic rings. The van der Waals surface area contributed by atoms with Gasteiger partial charge in [-0.25, -0.2) is 0 Å². The van der Waals surface area contributed by atoms with Gasteiger partial charge in [0.2, 0.25) is 0 Å². The lowest BCUT2D eigenvalue weighted by atomic mass is 10.2. The Morgan fingerprint density at radius 3 is 2.52 bits per heavy atom. The van der Waals surface area contributed by atoms with Gasteiger partial charge in [0.15, 0.2) is 11.5 Å². The molecule has 112 valence electrons. The maximum absolute atomic E-state index is 5.81. The van der Waals surface area contributed by atoms with Gasteiger partial charge in [-0.05, 0) is 24.6 Å². The van der Waals surface area contributed by atoms with E-state index < -0.39 is 0 Å². The molecule has 0 radical (unpaired) electrons. The molecule has 1 heterocycles. The van der Waals surface area contributed by atoms with E-state index in [1.165, 1.54) is 0 Å². The third-order valence-corrected chi connectivity index (χ3v) is 3.28. The van der Waals surface area contributed by atoms with E-state index in [0.29, 0.717) is 24.0 Å². The molecular formula is C16H18ClNO3. The minimum absolute atomic E-state index is 0.342. The minimum atomic E-state index is 0.342. The van der Waals surface area contributed by atoms with Crippen LogP contribution in [-0.4, -0.2) is 19.2 Å². The number of hydrogen-bond donors (Lipinski definition) is 0. The molecule has 21 heavy (non-hydrogen) atoms. The first-order valence-corrected chi connectivity index (χ1v) is 7.07. The maximum atomic E-state index is 5.81. The number of pyridine rings is 1. The topological polar surface area (TPSA) is 40.6 Å². The predicted molar refractivity (Wildman–Crippen MR) is 82.4 cm³/mol. The van der Waals surface area contributed by atoms with Crippen LogP contribution in [0, 0.1) is 6.92 Å². The smallest absolute Gasteiger partial charge is 0.161 e. The number of benzene rings is 1. The van der Waals surface area contributed by atoms with Crippen LogP contribution in [0.5, 0.6) is 17.2 Å². The summed E-state index contributed by atoms with van der Waals surface area (Å²) in [6, 6.07) is 9.36. The highest BCUT2D eigenvalue weighted by Crippen LogP contribution is 2.29. The molecule has 0 aliphatic carbocycles. The molecule has 0 spiro atoms. The van der Waals surface area contributed by atoms with Crippen LogP contribution < -0.4 is 14.2 Å². The molecule has 0 atom stereocenters. The van der Waals surface area contributed by atoms with Gasteiger partial charge in [-0.15, -0.1) is 11.6 Å². The van der Waals surface area contributed by atoms with E-state index in [0.717, 1.165) is 22.7 Å². The fourth-order valence-corrected chi connectivity index (χ4v) is 2.13. The molecule has 0 saturated heterocycles. The van der Waals surface area contributed by atoms with Crippen LogP contribution in [0.4, 0.5) is 0 Å². The van der Waals surface area contributed by atoms with Crippen LogP contribution in [0.15, 0.2) is 30.3 Å². The maximum Gasteiger partial charge on any atom is 0.161 e. The standard InChI is InChI=1S/C16H18ClNO3/c1-11-6-14(19-2)8-13(18-11)10-21-15-5-4-12(9-17)7-16(15)20-3/h4-8H,9-10H2,1-3H3. The van der Waals surface area contributed by atoms with Crippen molar-refractivity contribution in [1.82, 2.24) is 4.98 Å². The number of methoxy groups -OCH3 is 2. The Morgan fingerprint density at radius 2 is 1.86 bits per heavy atom. The summed E-state index contributed by atoms with van der Waals surface area (Å²) < 4.78 is 16.3. The second kappa shape index (κ2) is 7.18. The largest absolute Gasteiger partial charge is 0.497 e. The SMILES string of the molecule is COc1cc(C)nc(COc2ccc(CCl)cc2OC)c1. The number of aromatic nitrogens is 1. The average molecular weight is 308 g/mol. The summed E-state index contributed by atoms with van der Waals surface area (Å²) in [5, 5.41) is 0. The number of rotatable bonds is 6. The third kappa shape index (κ3) is 4.02. The summed E-state index contributed by atoms with van der Waals surface area (Å²) in [7, 11) is 3.24. The molecule has 4 nitrogen and oxygen atoms in total. The first-order chi connectivity index (χ1) is 10.2. The minimum Gasteiger partial charge on any atom is -0.497 e. The van der Waals surface area contributed by atoms with Crippen LogP contribution in [0.25, 0.3) is 0 Å². The van der Waals surface area contributed by atoms with Crippen molar-refractivity contribution in [3.05, 3.63) is 47.3 Å². The Bertz CT molecular complexity index is 616. The Balaban J connectivity index is 2.14. The predicted octanol–water partition coefficient (Wildman–Crippen LogP) is 3.73. The van der Waals surface area contributed by atoms with Crippen LogP contribution >= 0.6 is 11.6 Å². The van der Waals surface area contributed by atoms with Crippen molar-refractivity contribution in [3.8, 4) is 17.2 Å². The highest BCUT2D eigenvalue weighted by atomic mass is 35.5. The Hall–Kier alpha value is -1.94. The molecule has 0 aliphatic rings. The number of nitrogens with zero attached hydrogens (tertiary/aromatic N) is 1. The normalized spacial score (nSPS) is 10.3. The Kier molecular flexibility index (Phi) is 5.28. The highest BCUT2D eigenvalue weighted by molar-refractivity contribution is 6.17. The molecule has 0 bridgehead atoms. The van der Waals surface area contributed by atoms with Crippen LogP contribution in [-0.2, 0) is 12.5 Å². The van der Waals surface area contributed by atoms with Gasteiger partial charge in [-0.3, -0.25) is 4.98 Å². The number of alkyl halides is 1. The van der Waals surface area contributed by atoms with Crippen LogP contribution in [0.1, 0.15) is 17.0 Å². The molecule has 0 unspecified atom stereocenters. The lowest BCUT2D eigenvalue weighted by Gasteiger charge is -2.12. The fraction of sp³-hybridized carbons (Fsp3) is 0.312. The summed E-state index contributed by atoms with van der Waals surface area (Å²) in [6.45, 7) is 2.26. The molecule has 1 aromatic carbocycles. The zero-order valence-electron chi connectivity index (χ0n) is 12.4. The molecule has 1 aromatic heterocycles. The summed E-state index contributed by atoms with van der Waals surface area (Å²) in [5.41, 5.74) is 2.67. The lowest BCUT2D eigenvalue weighted by molar-refractivity contribution is 0.279. The monoisotopic (exact) mass is 307 g/mol. The Labute approximate surface area is 129 Å². The Morgan fingerprint density at radius 1 is 1.05 bits per heavy atom. The number of aryl methyl sites for hydroxylation is 1. The van der Waals surface area contributed by atoms with Gasteiger partial charge in [0.1, 0.15) is 12.4 Å². The van der Waals surface area contributed by atoms with Crippen molar-refractivity contribution in [1.29, 1.82) is 0 Å². The van der Waals surface area contributed by atoms with Crippen molar-refractivity contribution >= 4 is 11.6 Å². The molecule has 0 N–H and O–H groups in total. The second-order valence-electron chi connectivity index (χ2n) is 4.55. The number of halogens is 1. The van der Waals surface area contributed by atoms with Gasteiger partial charge in [0, 0.05) is 23.7 Å². The zero-order valence-corrected chi connectivity index (χ0v) is 13.1. The van der Waals surface area contributed by atoms with Gasteiger partial charge in [0.25, 0.3) is 0 Å². The third-order valence-electron chi connectivity index (χ3n) is 2.97. The van der Waals surface area contributed by atoms with Crippen molar-refractivity contribution in [2.75, 3.05) is 14.2 Å². The zero-order chi connectivity index (χ0) is 15.2. The van der Waals surface area contributed by atoms with Gasteiger partial charge in [-0.2, -0.15) is 0 Å². The first-order valence-electron chi connectivity index (χ1n) is 6.53. The fourth-order valence-electron chi connectivity index (χ4n) is 1.96. The quantitative estimate of drug-likeness (QED) is 0.763. The lowest BCUT2D eigenvalue weighted by Crippen LogP contribution is -2.02. The van der Waals surface area contributed by atoms with E-state index in [2.05, 4.69) is 4.98 Å². The van der Waals surface area contributed by atoms with Gasteiger partial charge in [-0.1, -0.05) is 6.07 Å². The van der Waals surface area contributed by atoms with E-state index in [-0.39, 0.29) is 0 Å². The number of ether oxygens (including phenoxy) is 3. The van der Waals surface area contributed by atoms with E-state index >= 15 is 0 Å². The summed E-state index contributed by atoms with van der Waals surface area (Å²) in [6.07, 6.45) is 0. The van der Waals surface area contributed by atoms with E-state index in [1.54, 1.807) is 14.2 Å². The summed E-state index contributed by atoms with van der Waals surface area (Å²) in [4.78, 5) is 4.42. The molecule has 0 aliphatic heterocycles. The second-order valence-corrected chi connectivity index (χ2v) is 4.81. The summed E-state index contributed by atoms with van der Waals surface area (Å²) in [5.74, 6) is 2.53. The molecule has 0 fully saturated rings. The first kappa shape index (κ1) is 15.4. The molecule has 0 saturated carbocycles.